The molecule has 0 aliphatic rings. The Balaban J connectivity index is 1.52. The first kappa shape index (κ1) is 23.4. The SMILES string of the molecule is Nc1nc2ncc(C=Nc3ccc4nc(C(=O)NC(CCC(=O)O)C(=O)O)sc4c3)nc2c(=O)[nH]1. The van der Waals surface area contributed by atoms with E-state index in [0.29, 0.717) is 21.6 Å². The van der Waals surface area contributed by atoms with E-state index in [2.05, 4.69) is 35.2 Å². The number of aromatic amines is 1. The lowest BCUT2D eigenvalue weighted by molar-refractivity contribution is -0.140. The zero-order valence-corrected chi connectivity index (χ0v) is 18.4. The van der Waals surface area contributed by atoms with Crippen LogP contribution in [-0.4, -0.2) is 65.2 Å². The number of nitrogens with one attached hydrogen (secondary N) is 2. The minimum Gasteiger partial charge on any atom is -0.481 e. The second-order valence-electron chi connectivity index (χ2n) is 7.14. The Morgan fingerprint density at radius 3 is 2.77 bits per heavy atom. The number of thiazole rings is 1. The number of nitrogens with zero attached hydrogens (tertiary/aromatic N) is 5. The van der Waals surface area contributed by atoms with Crippen molar-refractivity contribution in [3.05, 3.63) is 45.5 Å². The second-order valence-corrected chi connectivity index (χ2v) is 8.17. The summed E-state index contributed by atoms with van der Waals surface area (Å²) in [5, 5.41) is 20.3. The van der Waals surface area contributed by atoms with E-state index in [1.165, 1.54) is 12.4 Å². The van der Waals surface area contributed by atoms with Crippen LogP contribution in [0, 0.1) is 0 Å². The van der Waals surface area contributed by atoms with Crippen LogP contribution in [0.2, 0.25) is 0 Å². The number of carboxylic acids is 2. The van der Waals surface area contributed by atoms with E-state index in [1.54, 1.807) is 18.2 Å². The summed E-state index contributed by atoms with van der Waals surface area (Å²) in [6.45, 7) is 0. The second kappa shape index (κ2) is 9.60. The van der Waals surface area contributed by atoms with Crippen molar-refractivity contribution in [2.45, 2.75) is 18.9 Å². The van der Waals surface area contributed by atoms with Crippen LogP contribution in [0.5, 0.6) is 0 Å². The van der Waals surface area contributed by atoms with Gasteiger partial charge in [-0.2, -0.15) is 4.98 Å². The van der Waals surface area contributed by atoms with Crippen LogP contribution in [0.3, 0.4) is 0 Å². The van der Waals surface area contributed by atoms with Gasteiger partial charge in [-0.3, -0.25) is 24.4 Å². The van der Waals surface area contributed by atoms with E-state index in [9.17, 15) is 24.3 Å². The fourth-order valence-electron chi connectivity index (χ4n) is 2.99. The van der Waals surface area contributed by atoms with Crippen LogP contribution < -0.4 is 16.6 Å². The summed E-state index contributed by atoms with van der Waals surface area (Å²) in [7, 11) is 0. The predicted molar refractivity (Wildman–Crippen MR) is 125 cm³/mol. The number of H-pyrrole nitrogens is 1. The zero-order chi connectivity index (χ0) is 25.1. The van der Waals surface area contributed by atoms with Crippen molar-refractivity contribution in [3.63, 3.8) is 0 Å². The van der Waals surface area contributed by atoms with Gasteiger partial charge >= 0.3 is 11.9 Å². The molecule has 1 amide bonds. The number of hydrogen-bond donors (Lipinski definition) is 5. The van der Waals surface area contributed by atoms with Gasteiger partial charge in [-0.25, -0.2) is 19.7 Å². The molecule has 0 fully saturated rings. The molecule has 1 aromatic carbocycles. The number of aromatic nitrogens is 5. The Morgan fingerprint density at radius 2 is 2.03 bits per heavy atom. The molecule has 3 aromatic heterocycles. The number of hydrogen-bond acceptors (Lipinski definition) is 11. The number of nitrogen functional groups attached to an aromatic ring is 1. The fourth-order valence-corrected chi connectivity index (χ4v) is 3.89. The Bertz CT molecular complexity index is 1560. The molecular formula is C20H16N8O6S. The van der Waals surface area contributed by atoms with Gasteiger partial charge in [0, 0.05) is 6.42 Å². The number of carbonyl (C=O) groups excluding carboxylic acids is 1. The molecule has 35 heavy (non-hydrogen) atoms. The highest BCUT2D eigenvalue weighted by molar-refractivity contribution is 7.20. The summed E-state index contributed by atoms with van der Waals surface area (Å²) in [6, 6.07) is 3.60. The van der Waals surface area contributed by atoms with Gasteiger partial charge in [-0.1, -0.05) is 0 Å². The number of fused-ring (bicyclic) bond motifs is 2. The van der Waals surface area contributed by atoms with Crippen LogP contribution in [0.15, 0.2) is 34.2 Å². The minimum atomic E-state index is -1.35. The summed E-state index contributed by atoms with van der Waals surface area (Å²) < 4.78 is 0.614. The molecule has 3 heterocycles. The largest absolute Gasteiger partial charge is 0.481 e. The first-order valence-electron chi connectivity index (χ1n) is 9.92. The monoisotopic (exact) mass is 496 g/mol. The first-order chi connectivity index (χ1) is 16.7. The third-order valence-electron chi connectivity index (χ3n) is 4.62. The smallest absolute Gasteiger partial charge is 0.326 e. The van der Waals surface area contributed by atoms with Gasteiger partial charge in [0.05, 0.1) is 28.3 Å². The minimum absolute atomic E-state index is 0.0136. The highest BCUT2D eigenvalue weighted by Gasteiger charge is 2.23. The van der Waals surface area contributed by atoms with Crippen molar-refractivity contribution < 1.29 is 24.6 Å². The van der Waals surface area contributed by atoms with Gasteiger partial charge in [0.25, 0.3) is 11.5 Å². The molecule has 1 atom stereocenters. The summed E-state index contributed by atoms with van der Waals surface area (Å²) >= 11 is 1.02. The number of amides is 1. The van der Waals surface area contributed by atoms with Gasteiger partial charge < -0.3 is 21.3 Å². The summed E-state index contributed by atoms with van der Waals surface area (Å²) in [5.41, 5.74) is 6.39. The van der Waals surface area contributed by atoms with Gasteiger partial charge in [0.1, 0.15) is 11.7 Å². The van der Waals surface area contributed by atoms with Gasteiger partial charge in [0.15, 0.2) is 16.2 Å². The molecule has 0 aliphatic heterocycles. The number of carbonyl (C=O) groups is 3. The molecule has 14 nitrogen and oxygen atoms in total. The van der Waals surface area contributed by atoms with Gasteiger partial charge in [-0.15, -0.1) is 11.3 Å². The molecule has 0 aliphatic carbocycles. The molecule has 4 rings (SSSR count). The maximum atomic E-state index is 12.5. The maximum Gasteiger partial charge on any atom is 0.326 e. The standard InChI is InChI=1S/C20H16N8O6S/c21-20-27-15-14(16(31)28-20)24-9(7-23-15)6-22-8-1-2-10-12(5-8)35-18(26-10)17(32)25-11(19(33)34)3-4-13(29)30/h1-2,5-7,11H,3-4H2,(H,25,32)(H,29,30)(H,33,34)(H3,21,23,27,28,31). The van der Waals surface area contributed by atoms with E-state index in [0.717, 1.165) is 11.3 Å². The summed E-state index contributed by atoms with van der Waals surface area (Å²) in [4.78, 5) is 69.4. The molecule has 6 N–H and O–H groups in total. The Hall–Kier alpha value is -4.79. The Labute approximate surface area is 198 Å². The normalized spacial score (nSPS) is 12.2. The van der Waals surface area contributed by atoms with Crippen LogP contribution in [0.1, 0.15) is 28.3 Å². The molecule has 178 valence electrons. The van der Waals surface area contributed by atoms with Crippen LogP contribution in [-0.2, 0) is 9.59 Å². The average molecular weight is 496 g/mol. The lowest BCUT2D eigenvalue weighted by Gasteiger charge is -2.12. The number of aliphatic imine (C=N–C) groups is 1. The van der Waals surface area contributed by atoms with E-state index in [-0.39, 0.29) is 28.5 Å². The van der Waals surface area contributed by atoms with Gasteiger partial charge in [-0.05, 0) is 24.6 Å². The van der Waals surface area contributed by atoms with Crippen LogP contribution >= 0.6 is 11.3 Å². The molecule has 0 saturated heterocycles. The van der Waals surface area contributed by atoms with E-state index >= 15 is 0 Å². The van der Waals surface area contributed by atoms with Gasteiger partial charge in [0.2, 0.25) is 5.95 Å². The van der Waals surface area contributed by atoms with Crippen LogP contribution in [0.25, 0.3) is 21.4 Å². The van der Waals surface area contributed by atoms with Crippen molar-refractivity contribution in [2.75, 3.05) is 5.73 Å². The Morgan fingerprint density at radius 1 is 1.23 bits per heavy atom. The van der Waals surface area contributed by atoms with E-state index in [4.69, 9.17) is 10.8 Å². The third kappa shape index (κ3) is 5.41. The zero-order valence-electron chi connectivity index (χ0n) is 17.6. The highest BCUT2D eigenvalue weighted by Crippen LogP contribution is 2.26. The van der Waals surface area contributed by atoms with E-state index < -0.39 is 35.9 Å². The van der Waals surface area contributed by atoms with Crippen molar-refractivity contribution in [1.82, 2.24) is 30.2 Å². The number of benzene rings is 1. The predicted octanol–water partition coefficient (Wildman–Crippen LogP) is 0.703. The van der Waals surface area contributed by atoms with Crippen molar-refractivity contribution in [2.24, 2.45) is 4.99 Å². The van der Waals surface area contributed by atoms with Crippen molar-refractivity contribution in [1.29, 1.82) is 0 Å². The number of carboxylic acid groups (broad SMARTS) is 2. The fraction of sp³-hybridized carbons (Fsp3) is 0.150. The number of rotatable bonds is 8. The lowest BCUT2D eigenvalue weighted by atomic mass is 10.1. The molecule has 0 bridgehead atoms. The van der Waals surface area contributed by atoms with Crippen LogP contribution in [0.4, 0.5) is 11.6 Å². The average Bonchev–Trinajstić information content (AvgIpc) is 3.23. The molecule has 0 spiro atoms. The number of anilines is 1. The highest BCUT2D eigenvalue weighted by atomic mass is 32.1. The lowest BCUT2D eigenvalue weighted by Crippen LogP contribution is -2.41. The molecular weight excluding hydrogens is 480 g/mol. The number of nitrogens with two attached hydrogens (primary N) is 1. The third-order valence-corrected chi connectivity index (χ3v) is 5.63. The summed E-state index contributed by atoms with van der Waals surface area (Å²) in [5.74, 6) is -3.29. The Kier molecular flexibility index (Phi) is 6.41. The number of aliphatic carboxylic acids is 2. The quantitative estimate of drug-likeness (QED) is 0.213. The van der Waals surface area contributed by atoms with Crippen molar-refractivity contribution in [3.8, 4) is 0 Å². The topological polar surface area (TPSA) is 226 Å². The molecule has 15 heteroatoms. The molecule has 4 aromatic rings. The maximum absolute atomic E-state index is 12.5. The van der Waals surface area contributed by atoms with E-state index in [1.807, 2.05) is 0 Å². The summed E-state index contributed by atoms with van der Waals surface area (Å²) in [6.07, 6.45) is 2.12. The molecule has 0 radical (unpaired) electrons. The molecule has 1 unspecified atom stereocenters. The molecule has 0 saturated carbocycles. The first-order valence-corrected chi connectivity index (χ1v) is 10.7. The van der Waals surface area contributed by atoms with Crippen molar-refractivity contribution >= 4 is 68.4 Å².